The van der Waals surface area contributed by atoms with Gasteiger partial charge in [0.25, 0.3) is 0 Å². The quantitative estimate of drug-likeness (QED) is 0.724. The average Bonchev–Trinajstić information content (AvgIpc) is 2.61. The van der Waals surface area contributed by atoms with Crippen LogP contribution in [0.1, 0.15) is 6.42 Å². The Kier molecular flexibility index (Phi) is 2.52. The number of nitrogens with zero attached hydrogens (tertiary/aromatic N) is 3. The molecule has 0 saturated carbocycles. The van der Waals surface area contributed by atoms with Crippen LogP contribution in [0.25, 0.3) is 0 Å². The normalized spacial score (nSPS) is 25.4. The van der Waals surface area contributed by atoms with Crippen molar-refractivity contribution in [3.63, 3.8) is 0 Å². The van der Waals surface area contributed by atoms with Gasteiger partial charge in [-0.25, -0.2) is 8.42 Å². The molecule has 1 fully saturated rings. The molecule has 0 aromatic carbocycles. The Bertz CT molecular complexity index is 426. The molecule has 2 heterocycles. The zero-order chi connectivity index (χ0) is 10.2. The number of hydrogen-bond donors (Lipinski definition) is 0. The van der Waals surface area contributed by atoms with Gasteiger partial charge in [0.15, 0.2) is 15.0 Å². The van der Waals surface area contributed by atoms with Crippen LogP contribution < -0.4 is 0 Å². The summed E-state index contributed by atoms with van der Waals surface area (Å²) in [5.74, 6) is 0.576. The van der Waals surface area contributed by atoms with Crippen molar-refractivity contribution in [3.8, 4) is 0 Å². The number of sulfone groups is 1. The highest BCUT2D eigenvalue weighted by Crippen LogP contribution is 2.28. The van der Waals surface area contributed by atoms with E-state index in [1.165, 1.54) is 11.8 Å². The van der Waals surface area contributed by atoms with Gasteiger partial charge in [-0.2, -0.15) is 0 Å². The minimum absolute atomic E-state index is 0.142. The standard InChI is InChI=1S/C7H11N3O2S2/c1-10-5-8-9-7(10)13-6-2-3-14(11,12)4-6/h5-6H,2-4H2,1H3/t6-/m0/s1. The molecule has 0 spiro atoms. The smallest absolute Gasteiger partial charge is 0.191 e. The Hall–Kier alpha value is -0.560. The molecule has 1 atom stereocenters. The van der Waals surface area contributed by atoms with E-state index in [9.17, 15) is 8.42 Å². The van der Waals surface area contributed by atoms with E-state index >= 15 is 0 Å². The first-order chi connectivity index (χ1) is 6.57. The van der Waals surface area contributed by atoms with Crippen molar-refractivity contribution in [2.45, 2.75) is 16.8 Å². The lowest BCUT2D eigenvalue weighted by Gasteiger charge is -2.04. The maximum atomic E-state index is 11.2. The summed E-state index contributed by atoms with van der Waals surface area (Å²) in [7, 11) is -0.937. The molecule has 14 heavy (non-hydrogen) atoms. The van der Waals surface area contributed by atoms with E-state index in [0.717, 1.165) is 11.6 Å². The van der Waals surface area contributed by atoms with Crippen LogP contribution in [0.5, 0.6) is 0 Å². The van der Waals surface area contributed by atoms with Gasteiger partial charge >= 0.3 is 0 Å². The van der Waals surface area contributed by atoms with Crippen LogP contribution >= 0.6 is 11.8 Å². The summed E-state index contributed by atoms with van der Waals surface area (Å²) in [5, 5.41) is 8.58. The van der Waals surface area contributed by atoms with E-state index < -0.39 is 9.84 Å². The summed E-state index contributed by atoms with van der Waals surface area (Å²) in [4.78, 5) is 0. The molecule has 0 amide bonds. The Morgan fingerprint density at radius 2 is 2.43 bits per heavy atom. The lowest BCUT2D eigenvalue weighted by molar-refractivity contribution is 0.602. The minimum atomic E-state index is -2.79. The Morgan fingerprint density at radius 1 is 1.64 bits per heavy atom. The third-order valence-corrected chi connectivity index (χ3v) is 5.43. The van der Waals surface area contributed by atoms with Crippen LogP contribution in [-0.2, 0) is 16.9 Å². The van der Waals surface area contributed by atoms with Gasteiger partial charge in [-0.05, 0) is 6.42 Å². The van der Waals surface area contributed by atoms with Gasteiger partial charge in [0.05, 0.1) is 11.5 Å². The van der Waals surface area contributed by atoms with Gasteiger partial charge in [0.2, 0.25) is 0 Å². The first-order valence-corrected chi connectivity index (χ1v) is 6.98. The molecule has 0 bridgehead atoms. The van der Waals surface area contributed by atoms with Crippen LogP contribution in [0.4, 0.5) is 0 Å². The lowest BCUT2D eigenvalue weighted by Crippen LogP contribution is -2.07. The van der Waals surface area contributed by atoms with Gasteiger partial charge in [-0.1, -0.05) is 11.8 Å². The largest absolute Gasteiger partial charge is 0.312 e. The molecule has 1 aliphatic heterocycles. The zero-order valence-electron chi connectivity index (χ0n) is 7.75. The van der Waals surface area contributed by atoms with Crippen molar-refractivity contribution in [2.75, 3.05) is 11.5 Å². The number of hydrogen-bond acceptors (Lipinski definition) is 5. The number of thioether (sulfide) groups is 1. The van der Waals surface area contributed by atoms with Crippen LogP contribution in [0.2, 0.25) is 0 Å². The molecule has 0 N–H and O–H groups in total. The average molecular weight is 233 g/mol. The molecule has 78 valence electrons. The van der Waals surface area contributed by atoms with Crippen LogP contribution in [0.15, 0.2) is 11.5 Å². The molecule has 0 radical (unpaired) electrons. The van der Waals surface area contributed by atoms with Gasteiger partial charge in [0, 0.05) is 12.3 Å². The Morgan fingerprint density at radius 3 is 2.93 bits per heavy atom. The first-order valence-electron chi connectivity index (χ1n) is 4.28. The second-order valence-corrected chi connectivity index (χ2v) is 6.86. The predicted octanol–water partition coefficient (Wildman–Crippen LogP) is 0.0943. The van der Waals surface area contributed by atoms with Crippen molar-refractivity contribution >= 4 is 21.6 Å². The molecular weight excluding hydrogens is 222 g/mol. The Balaban J connectivity index is 2.04. The molecule has 5 nitrogen and oxygen atoms in total. The SMILES string of the molecule is Cn1cnnc1S[C@H]1CCS(=O)(=O)C1. The van der Waals surface area contributed by atoms with E-state index in [4.69, 9.17) is 0 Å². The maximum absolute atomic E-state index is 11.2. The molecule has 1 aromatic heterocycles. The monoisotopic (exact) mass is 233 g/mol. The number of aryl methyl sites for hydroxylation is 1. The highest BCUT2D eigenvalue weighted by atomic mass is 32.2. The molecule has 1 saturated heterocycles. The summed E-state index contributed by atoms with van der Waals surface area (Å²) in [6.07, 6.45) is 2.34. The third kappa shape index (κ3) is 2.09. The van der Waals surface area contributed by atoms with Gasteiger partial charge in [-0.3, -0.25) is 0 Å². The lowest BCUT2D eigenvalue weighted by atomic mass is 10.4. The highest BCUT2D eigenvalue weighted by molar-refractivity contribution is 8.01. The van der Waals surface area contributed by atoms with E-state index in [1.807, 2.05) is 7.05 Å². The molecule has 7 heteroatoms. The second-order valence-electron chi connectivity index (χ2n) is 3.37. The van der Waals surface area contributed by atoms with E-state index in [1.54, 1.807) is 10.9 Å². The number of rotatable bonds is 2. The molecule has 0 aliphatic carbocycles. The van der Waals surface area contributed by atoms with Gasteiger partial charge < -0.3 is 4.57 Å². The molecular formula is C7H11N3O2S2. The van der Waals surface area contributed by atoms with Crippen molar-refractivity contribution in [2.24, 2.45) is 7.05 Å². The van der Waals surface area contributed by atoms with Crippen molar-refractivity contribution in [1.29, 1.82) is 0 Å². The minimum Gasteiger partial charge on any atom is -0.312 e. The molecule has 2 rings (SSSR count). The van der Waals surface area contributed by atoms with Crippen molar-refractivity contribution < 1.29 is 8.42 Å². The van der Waals surface area contributed by atoms with Crippen molar-refractivity contribution in [1.82, 2.24) is 14.8 Å². The maximum Gasteiger partial charge on any atom is 0.191 e. The fourth-order valence-corrected chi connectivity index (χ4v) is 4.81. The molecule has 0 unspecified atom stereocenters. The van der Waals surface area contributed by atoms with E-state index in [2.05, 4.69) is 10.2 Å². The summed E-state index contributed by atoms with van der Waals surface area (Å²) in [6, 6.07) is 0. The number of aromatic nitrogens is 3. The summed E-state index contributed by atoms with van der Waals surface area (Å²) in [5.41, 5.74) is 0. The zero-order valence-corrected chi connectivity index (χ0v) is 9.38. The first kappa shape index (κ1) is 9.97. The predicted molar refractivity (Wildman–Crippen MR) is 53.9 cm³/mol. The van der Waals surface area contributed by atoms with Crippen molar-refractivity contribution in [3.05, 3.63) is 6.33 Å². The van der Waals surface area contributed by atoms with Gasteiger partial charge in [-0.15, -0.1) is 10.2 Å². The molecule has 1 aliphatic rings. The summed E-state index contributed by atoms with van der Waals surface area (Å²) in [6.45, 7) is 0. The summed E-state index contributed by atoms with van der Waals surface area (Å²) >= 11 is 1.50. The van der Waals surface area contributed by atoms with Crippen LogP contribution in [-0.4, -0.2) is 39.9 Å². The topological polar surface area (TPSA) is 64.8 Å². The highest BCUT2D eigenvalue weighted by Gasteiger charge is 2.29. The van der Waals surface area contributed by atoms with E-state index in [-0.39, 0.29) is 11.0 Å². The fraction of sp³-hybridized carbons (Fsp3) is 0.714. The Labute approximate surface area is 86.8 Å². The fourth-order valence-electron chi connectivity index (χ4n) is 1.38. The van der Waals surface area contributed by atoms with Crippen LogP contribution in [0, 0.1) is 0 Å². The third-order valence-electron chi connectivity index (χ3n) is 2.13. The summed E-state index contributed by atoms with van der Waals surface area (Å²) < 4.78 is 24.2. The van der Waals surface area contributed by atoms with Gasteiger partial charge in [0.1, 0.15) is 6.33 Å². The van der Waals surface area contributed by atoms with Crippen LogP contribution in [0.3, 0.4) is 0 Å². The van der Waals surface area contributed by atoms with E-state index in [0.29, 0.717) is 5.75 Å². The molecule has 1 aromatic rings. The second kappa shape index (κ2) is 3.54.